The number of sulfone groups is 1. The first-order valence-corrected chi connectivity index (χ1v) is 6.25. The van der Waals surface area contributed by atoms with Crippen molar-refractivity contribution in [3.63, 3.8) is 0 Å². The Morgan fingerprint density at radius 1 is 1.00 bits per heavy atom. The Balaban J connectivity index is 2.28. The summed E-state index contributed by atoms with van der Waals surface area (Å²) in [5, 5.41) is 1.14. The van der Waals surface area contributed by atoms with E-state index >= 15 is 0 Å². The Kier molecular flexibility index (Phi) is 2.92. The molecule has 0 radical (unpaired) electrons. The van der Waals surface area contributed by atoms with Gasteiger partial charge < -0.3 is 4.42 Å². The minimum absolute atomic E-state index is 0.276. The van der Waals surface area contributed by atoms with E-state index in [2.05, 4.69) is 0 Å². The van der Waals surface area contributed by atoms with Crippen LogP contribution in [0.2, 0.25) is 0 Å². The maximum absolute atomic E-state index is 11.8. The molecule has 1 aromatic heterocycles. The fraction of sp³-hybridized carbons (Fsp3) is 0. The highest BCUT2D eigenvalue weighted by Gasteiger charge is 2.08. The van der Waals surface area contributed by atoms with Crippen molar-refractivity contribution in [2.24, 2.45) is 0 Å². The molecule has 2 aromatic rings. The third-order valence-electron chi connectivity index (χ3n) is 2.03. The van der Waals surface area contributed by atoms with Crippen molar-refractivity contribution >= 4 is 15.9 Å². The molecular weight excluding hydrogens is 224 g/mol. The molecule has 0 atom stereocenters. The summed E-state index contributed by atoms with van der Waals surface area (Å²) in [7, 11) is -3.38. The van der Waals surface area contributed by atoms with Crippen LogP contribution >= 0.6 is 0 Å². The number of furan rings is 1. The van der Waals surface area contributed by atoms with Gasteiger partial charge in [0.15, 0.2) is 9.84 Å². The third kappa shape index (κ3) is 2.41. The average Bonchev–Trinajstić information content (AvgIpc) is 2.81. The zero-order chi connectivity index (χ0) is 11.4. The normalized spacial score (nSPS) is 12.0. The van der Waals surface area contributed by atoms with Crippen LogP contribution < -0.4 is 0 Å². The van der Waals surface area contributed by atoms with Crippen LogP contribution in [0.4, 0.5) is 0 Å². The minimum Gasteiger partial charge on any atom is -0.465 e. The molecule has 0 unspecified atom stereocenters. The van der Waals surface area contributed by atoms with Crippen molar-refractivity contribution in [2.75, 3.05) is 0 Å². The molecule has 0 amide bonds. The summed E-state index contributed by atoms with van der Waals surface area (Å²) >= 11 is 0. The minimum atomic E-state index is -3.38. The van der Waals surface area contributed by atoms with Gasteiger partial charge in [-0.05, 0) is 30.3 Å². The molecule has 0 bridgehead atoms. The quantitative estimate of drug-likeness (QED) is 0.820. The predicted molar refractivity (Wildman–Crippen MR) is 61.4 cm³/mol. The number of benzene rings is 1. The summed E-state index contributed by atoms with van der Waals surface area (Å²) in [5.74, 6) is 0.513. The Morgan fingerprint density at radius 2 is 1.75 bits per heavy atom. The lowest BCUT2D eigenvalue weighted by atomic mass is 10.4. The van der Waals surface area contributed by atoms with Crippen LogP contribution in [-0.2, 0) is 9.84 Å². The van der Waals surface area contributed by atoms with Gasteiger partial charge in [-0.2, -0.15) is 0 Å². The van der Waals surface area contributed by atoms with Crippen molar-refractivity contribution in [2.45, 2.75) is 4.90 Å². The highest BCUT2D eigenvalue weighted by atomic mass is 32.2. The van der Waals surface area contributed by atoms with Gasteiger partial charge in [0.1, 0.15) is 5.76 Å². The van der Waals surface area contributed by atoms with Gasteiger partial charge in [-0.3, -0.25) is 0 Å². The van der Waals surface area contributed by atoms with Crippen LogP contribution in [0.5, 0.6) is 0 Å². The molecule has 2 rings (SSSR count). The smallest absolute Gasteiger partial charge is 0.199 e. The number of rotatable bonds is 3. The van der Waals surface area contributed by atoms with E-state index < -0.39 is 9.84 Å². The fourth-order valence-corrected chi connectivity index (χ4v) is 2.24. The van der Waals surface area contributed by atoms with Gasteiger partial charge in [0, 0.05) is 5.41 Å². The molecule has 0 aliphatic rings. The molecule has 82 valence electrons. The van der Waals surface area contributed by atoms with E-state index in [1.54, 1.807) is 42.5 Å². The van der Waals surface area contributed by atoms with E-state index in [0.717, 1.165) is 5.41 Å². The lowest BCUT2D eigenvalue weighted by Crippen LogP contribution is -1.94. The predicted octanol–water partition coefficient (Wildman–Crippen LogP) is 2.72. The summed E-state index contributed by atoms with van der Waals surface area (Å²) in [6, 6.07) is 11.7. The summed E-state index contributed by atoms with van der Waals surface area (Å²) in [5.41, 5.74) is 0. The molecule has 16 heavy (non-hydrogen) atoms. The van der Waals surface area contributed by atoms with Crippen molar-refractivity contribution in [1.29, 1.82) is 0 Å². The number of hydrogen-bond acceptors (Lipinski definition) is 3. The highest BCUT2D eigenvalue weighted by Crippen LogP contribution is 2.13. The molecule has 0 aliphatic heterocycles. The van der Waals surface area contributed by atoms with Crippen LogP contribution in [0.25, 0.3) is 6.08 Å². The maximum Gasteiger partial charge on any atom is 0.199 e. The molecule has 0 N–H and O–H groups in total. The first-order valence-electron chi connectivity index (χ1n) is 4.70. The van der Waals surface area contributed by atoms with E-state index in [4.69, 9.17) is 4.42 Å². The average molecular weight is 234 g/mol. The molecule has 0 aliphatic carbocycles. The second-order valence-corrected chi connectivity index (χ2v) is 5.01. The number of hydrogen-bond donors (Lipinski definition) is 0. The van der Waals surface area contributed by atoms with Crippen LogP contribution in [0, 0.1) is 0 Å². The summed E-state index contributed by atoms with van der Waals surface area (Å²) in [6.45, 7) is 0. The van der Waals surface area contributed by atoms with Gasteiger partial charge in [-0.1, -0.05) is 18.2 Å². The zero-order valence-electron chi connectivity index (χ0n) is 8.41. The van der Waals surface area contributed by atoms with Gasteiger partial charge in [0.05, 0.1) is 11.2 Å². The van der Waals surface area contributed by atoms with E-state index in [1.807, 2.05) is 0 Å². The lowest BCUT2D eigenvalue weighted by Gasteiger charge is -1.96. The highest BCUT2D eigenvalue weighted by molar-refractivity contribution is 7.94. The molecule has 4 heteroatoms. The van der Waals surface area contributed by atoms with Crippen molar-refractivity contribution in [1.82, 2.24) is 0 Å². The van der Waals surface area contributed by atoms with Crippen LogP contribution in [-0.4, -0.2) is 8.42 Å². The largest absolute Gasteiger partial charge is 0.465 e. The summed E-state index contributed by atoms with van der Waals surface area (Å²) < 4.78 is 28.6. The molecule has 1 heterocycles. The van der Waals surface area contributed by atoms with E-state index in [9.17, 15) is 8.42 Å². The maximum atomic E-state index is 11.8. The second-order valence-electron chi connectivity index (χ2n) is 3.18. The van der Waals surface area contributed by atoms with Crippen LogP contribution in [0.3, 0.4) is 0 Å². The van der Waals surface area contributed by atoms with Crippen LogP contribution in [0.15, 0.2) is 63.4 Å². The first kappa shape index (κ1) is 10.7. The first-order chi connectivity index (χ1) is 7.68. The summed E-state index contributed by atoms with van der Waals surface area (Å²) in [4.78, 5) is 0.276. The zero-order valence-corrected chi connectivity index (χ0v) is 9.22. The molecule has 3 nitrogen and oxygen atoms in total. The molecule has 0 fully saturated rings. The fourth-order valence-electron chi connectivity index (χ4n) is 1.23. The second kappa shape index (κ2) is 4.37. The molecule has 0 saturated heterocycles. The molecule has 0 saturated carbocycles. The van der Waals surface area contributed by atoms with Crippen molar-refractivity contribution < 1.29 is 12.8 Å². The Hall–Kier alpha value is -1.81. The lowest BCUT2D eigenvalue weighted by molar-refractivity contribution is 0.557. The Morgan fingerprint density at radius 3 is 2.38 bits per heavy atom. The van der Waals surface area contributed by atoms with Crippen LogP contribution in [0.1, 0.15) is 5.76 Å². The van der Waals surface area contributed by atoms with Gasteiger partial charge in [-0.15, -0.1) is 0 Å². The van der Waals surface area contributed by atoms with E-state index in [0.29, 0.717) is 5.76 Å². The molecule has 0 spiro atoms. The standard InChI is InChI=1S/C12H10O3S/c13-16(14,12-6-2-1-3-7-12)10-8-11-5-4-9-15-11/h1-10H. The monoisotopic (exact) mass is 234 g/mol. The van der Waals surface area contributed by atoms with Crippen molar-refractivity contribution in [3.8, 4) is 0 Å². The Labute approximate surface area is 93.9 Å². The third-order valence-corrected chi connectivity index (χ3v) is 3.45. The van der Waals surface area contributed by atoms with Gasteiger partial charge in [0.2, 0.25) is 0 Å². The van der Waals surface area contributed by atoms with Gasteiger partial charge in [-0.25, -0.2) is 8.42 Å². The van der Waals surface area contributed by atoms with E-state index in [-0.39, 0.29) is 4.90 Å². The van der Waals surface area contributed by atoms with E-state index in [1.165, 1.54) is 12.3 Å². The van der Waals surface area contributed by atoms with Gasteiger partial charge in [0.25, 0.3) is 0 Å². The SMILES string of the molecule is O=S(=O)(C=Cc1ccco1)c1ccccc1. The summed E-state index contributed by atoms with van der Waals surface area (Å²) in [6.07, 6.45) is 2.93. The van der Waals surface area contributed by atoms with Crippen molar-refractivity contribution in [3.05, 3.63) is 59.9 Å². The molecular formula is C12H10O3S. The molecule has 1 aromatic carbocycles. The van der Waals surface area contributed by atoms with Gasteiger partial charge >= 0.3 is 0 Å². The topological polar surface area (TPSA) is 47.3 Å². The Bertz CT molecular complexity index is 566.